The summed E-state index contributed by atoms with van der Waals surface area (Å²) in [6, 6.07) is 3.08. The fraction of sp³-hybridized carbons (Fsp3) is 0.500. The van der Waals surface area contributed by atoms with E-state index in [9.17, 15) is 4.79 Å². The summed E-state index contributed by atoms with van der Waals surface area (Å²) in [5.74, 6) is 0.197. The highest BCUT2D eigenvalue weighted by Gasteiger charge is 2.15. The molecule has 2 rings (SSSR count). The van der Waals surface area contributed by atoms with Crippen molar-refractivity contribution in [1.29, 1.82) is 0 Å². The van der Waals surface area contributed by atoms with Crippen LogP contribution in [0.4, 0.5) is 5.69 Å². The summed E-state index contributed by atoms with van der Waals surface area (Å²) >= 11 is 5.96. The average Bonchev–Trinajstić information content (AvgIpc) is 2.50. The number of nitrogens with zero attached hydrogens (tertiary/aromatic N) is 1. The number of ether oxygens (including phenoxy) is 2. The summed E-state index contributed by atoms with van der Waals surface area (Å²) in [5, 5.41) is 3.21. The van der Waals surface area contributed by atoms with Crippen molar-refractivity contribution >= 4 is 48.0 Å². The third kappa shape index (κ3) is 6.24. The van der Waals surface area contributed by atoms with Crippen molar-refractivity contribution in [2.75, 3.05) is 52.2 Å². The van der Waals surface area contributed by atoms with E-state index in [1.807, 2.05) is 0 Å². The minimum atomic E-state index is -0.220. The predicted molar refractivity (Wildman–Crippen MR) is 96.5 cm³/mol. The molecule has 6 nitrogen and oxygen atoms in total. The zero-order valence-electron chi connectivity index (χ0n) is 12.8. The molecule has 1 aliphatic heterocycles. The highest BCUT2D eigenvalue weighted by molar-refractivity contribution is 6.33. The molecule has 0 saturated carbocycles. The van der Waals surface area contributed by atoms with Crippen LogP contribution in [0.15, 0.2) is 12.1 Å². The predicted octanol–water partition coefficient (Wildman–Crippen LogP) is 1.84. The Kier molecular flexibility index (Phi) is 10.3. The lowest BCUT2D eigenvalue weighted by Crippen LogP contribution is -2.41. The highest BCUT2D eigenvalue weighted by atomic mass is 35.5. The number of halogens is 3. The maximum Gasteiger partial charge on any atom is 0.255 e. The van der Waals surface area contributed by atoms with Crippen LogP contribution in [0.3, 0.4) is 0 Å². The van der Waals surface area contributed by atoms with E-state index in [0.717, 1.165) is 32.8 Å². The first kappa shape index (κ1) is 22.1. The van der Waals surface area contributed by atoms with Gasteiger partial charge in [0.1, 0.15) is 5.75 Å². The van der Waals surface area contributed by atoms with Gasteiger partial charge in [0.15, 0.2) is 0 Å². The smallest absolute Gasteiger partial charge is 0.255 e. The van der Waals surface area contributed by atoms with E-state index < -0.39 is 0 Å². The van der Waals surface area contributed by atoms with Gasteiger partial charge in [-0.25, -0.2) is 0 Å². The van der Waals surface area contributed by atoms with Gasteiger partial charge in [-0.2, -0.15) is 0 Å². The molecule has 1 aromatic rings. The summed E-state index contributed by atoms with van der Waals surface area (Å²) in [5.41, 5.74) is 6.48. The average molecular weight is 387 g/mol. The number of hydrogen-bond donors (Lipinski definition) is 2. The molecule has 23 heavy (non-hydrogen) atoms. The van der Waals surface area contributed by atoms with Gasteiger partial charge < -0.3 is 20.5 Å². The Morgan fingerprint density at radius 1 is 1.39 bits per heavy atom. The van der Waals surface area contributed by atoms with Crippen LogP contribution in [0.2, 0.25) is 5.02 Å². The molecule has 0 spiro atoms. The van der Waals surface area contributed by atoms with E-state index in [4.69, 9.17) is 26.8 Å². The number of methoxy groups -OCH3 is 1. The lowest BCUT2D eigenvalue weighted by Gasteiger charge is -2.26. The summed E-state index contributed by atoms with van der Waals surface area (Å²) in [6.07, 6.45) is 0. The van der Waals surface area contributed by atoms with Crippen LogP contribution >= 0.6 is 36.4 Å². The molecular weight excluding hydrogens is 365 g/mol. The number of carbonyl (C=O) groups excluding carboxylic acids is 1. The molecule has 1 heterocycles. The second kappa shape index (κ2) is 10.8. The van der Waals surface area contributed by atoms with E-state index in [2.05, 4.69) is 10.2 Å². The van der Waals surface area contributed by atoms with Crippen molar-refractivity contribution < 1.29 is 14.3 Å². The molecule has 0 radical (unpaired) electrons. The van der Waals surface area contributed by atoms with Gasteiger partial charge in [-0.05, 0) is 6.07 Å². The molecule has 1 aliphatic rings. The molecule has 132 valence electrons. The van der Waals surface area contributed by atoms with Gasteiger partial charge >= 0.3 is 0 Å². The Morgan fingerprint density at radius 2 is 2.04 bits per heavy atom. The van der Waals surface area contributed by atoms with Crippen LogP contribution < -0.4 is 15.8 Å². The van der Waals surface area contributed by atoms with Crippen LogP contribution in [0.5, 0.6) is 5.75 Å². The minimum Gasteiger partial charge on any atom is -0.496 e. The Balaban J connectivity index is 0.00000242. The monoisotopic (exact) mass is 385 g/mol. The first-order chi connectivity index (χ1) is 10.1. The summed E-state index contributed by atoms with van der Waals surface area (Å²) in [4.78, 5) is 14.4. The molecule has 0 unspecified atom stereocenters. The molecule has 1 aromatic carbocycles. The molecule has 1 fully saturated rings. The quantitative estimate of drug-likeness (QED) is 0.755. The van der Waals surface area contributed by atoms with Crippen molar-refractivity contribution in [2.24, 2.45) is 0 Å². The third-order valence-electron chi connectivity index (χ3n) is 3.38. The topological polar surface area (TPSA) is 76.8 Å². The Bertz CT molecular complexity index is 512. The van der Waals surface area contributed by atoms with Gasteiger partial charge in [0.05, 0.1) is 36.6 Å². The molecule has 1 saturated heterocycles. The number of morpholine rings is 1. The van der Waals surface area contributed by atoms with Gasteiger partial charge in [-0.3, -0.25) is 9.69 Å². The summed E-state index contributed by atoms with van der Waals surface area (Å²) in [6.45, 7) is 4.63. The number of nitrogens with two attached hydrogens (primary N) is 1. The second-order valence-corrected chi connectivity index (χ2v) is 5.19. The first-order valence-electron chi connectivity index (χ1n) is 6.83. The number of carbonyl (C=O) groups is 1. The molecule has 1 amide bonds. The Morgan fingerprint density at radius 3 is 2.65 bits per heavy atom. The number of amides is 1. The standard InChI is InChI=1S/C14H20ClN3O3.2ClH/c1-20-13-9-12(16)11(15)8-10(13)14(19)17-2-3-18-4-6-21-7-5-18;;/h8-9H,2-7,16H2,1H3,(H,17,19);2*1H. The normalized spacial score (nSPS) is 14.3. The van der Waals surface area contributed by atoms with E-state index in [0.29, 0.717) is 28.6 Å². The zero-order valence-corrected chi connectivity index (χ0v) is 15.2. The van der Waals surface area contributed by atoms with E-state index in [-0.39, 0.29) is 30.7 Å². The number of benzene rings is 1. The van der Waals surface area contributed by atoms with Gasteiger partial charge in [0.25, 0.3) is 5.91 Å². The molecule has 9 heteroatoms. The van der Waals surface area contributed by atoms with Crippen molar-refractivity contribution in [1.82, 2.24) is 10.2 Å². The second-order valence-electron chi connectivity index (χ2n) is 4.78. The fourth-order valence-electron chi connectivity index (χ4n) is 2.16. The molecule has 0 bridgehead atoms. The Hall–Kier alpha value is -0.920. The van der Waals surface area contributed by atoms with Crippen molar-refractivity contribution in [3.63, 3.8) is 0 Å². The van der Waals surface area contributed by atoms with Crippen molar-refractivity contribution in [3.8, 4) is 5.75 Å². The first-order valence-corrected chi connectivity index (χ1v) is 7.21. The van der Waals surface area contributed by atoms with Crippen LogP contribution in [0, 0.1) is 0 Å². The molecule has 0 aromatic heterocycles. The van der Waals surface area contributed by atoms with Gasteiger partial charge in [0, 0.05) is 32.2 Å². The number of anilines is 1. The lowest BCUT2D eigenvalue weighted by molar-refractivity contribution is 0.0383. The number of nitrogens with one attached hydrogen (secondary N) is 1. The van der Waals surface area contributed by atoms with Crippen LogP contribution in [-0.2, 0) is 4.74 Å². The summed E-state index contributed by atoms with van der Waals surface area (Å²) in [7, 11) is 1.49. The largest absolute Gasteiger partial charge is 0.496 e. The third-order valence-corrected chi connectivity index (χ3v) is 3.71. The van der Waals surface area contributed by atoms with Gasteiger partial charge in [-0.1, -0.05) is 11.6 Å². The lowest BCUT2D eigenvalue weighted by atomic mass is 10.1. The number of nitrogen functional groups attached to an aromatic ring is 1. The maximum absolute atomic E-state index is 12.2. The number of rotatable bonds is 5. The minimum absolute atomic E-state index is 0. The zero-order chi connectivity index (χ0) is 15.2. The van der Waals surface area contributed by atoms with E-state index in [1.165, 1.54) is 13.2 Å². The van der Waals surface area contributed by atoms with Gasteiger partial charge in [-0.15, -0.1) is 24.8 Å². The van der Waals surface area contributed by atoms with E-state index in [1.54, 1.807) is 6.07 Å². The Labute approximate surface area is 153 Å². The number of hydrogen-bond acceptors (Lipinski definition) is 5. The summed E-state index contributed by atoms with van der Waals surface area (Å²) < 4.78 is 10.5. The van der Waals surface area contributed by atoms with Crippen LogP contribution in [0.25, 0.3) is 0 Å². The molecule has 0 atom stereocenters. The van der Waals surface area contributed by atoms with Crippen LogP contribution in [-0.4, -0.2) is 57.3 Å². The van der Waals surface area contributed by atoms with E-state index >= 15 is 0 Å². The van der Waals surface area contributed by atoms with Crippen molar-refractivity contribution in [3.05, 3.63) is 22.7 Å². The molecule has 0 aliphatic carbocycles. The van der Waals surface area contributed by atoms with Crippen molar-refractivity contribution in [2.45, 2.75) is 0 Å². The highest BCUT2D eigenvalue weighted by Crippen LogP contribution is 2.28. The fourth-order valence-corrected chi connectivity index (χ4v) is 2.33. The molecule has 3 N–H and O–H groups in total. The molecular formula is C14H22Cl3N3O3. The van der Waals surface area contributed by atoms with Gasteiger partial charge in [0.2, 0.25) is 0 Å². The van der Waals surface area contributed by atoms with Crippen LogP contribution in [0.1, 0.15) is 10.4 Å². The maximum atomic E-state index is 12.2. The SMILES string of the molecule is COc1cc(N)c(Cl)cc1C(=O)NCCN1CCOCC1.Cl.Cl.